The van der Waals surface area contributed by atoms with Gasteiger partial charge in [0.1, 0.15) is 0 Å². The van der Waals surface area contributed by atoms with Crippen LogP contribution in [0.15, 0.2) is 12.5 Å². The molecule has 88 valence electrons. The number of nitrogens with one attached hydrogen (secondary N) is 3. The maximum atomic E-state index is 11.6. The quantitative estimate of drug-likeness (QED) is 0.667. The van der Waals surface area contributed by atoms with Crippen molar-refractivity contribution in [2.45, 2.75) is 31.7 Å². The molecule has 1 fully saturated rings. The van der Waals surface area contributed by atoms with Crippen molar-refractivity contribution >= 4 is 5.91 Å². The summed E-state index contributed by atoms with van der Waals surface area (Å²) in [7, 11) is 0. The van der Waals surface area contributed by atoms with Crippen molar-refractivity contribution in [2.24, 2.45) is 0 Å². The van der Waals surface area contributed by atoms with Crippen molar-refractivity contribution in [2.75, 3.05) is 13.1 Å². The van der Waals surface area contributed by atoms with Gasteiger partial charge in [-0.3, -0.25) is 4.79 Å². The summed E-state index contributed by atoms with van der Waals surface area (Å²) in [5.41, 5.74) is 1.05. The number of hydrogen-bond donors (Lipinski definition) is 3. The largest absolute Gasteiger partial charge is 0.356 e. The first-order valence-electron chi connectivity index (χ1n) is 5.82. The molecular weight excluding hydrogens is 204 g/mol. The van der Waals surface area contributed by atoms with Gasteiger partial charge in [-0.15, -0.1) is 0 Å². The van der Waals surface area contributed by atoms with Gasteiger partial charge in [0.15, 0.2) is 0 Å². The SMILES string of the molecule is O=C(CC1CCCN1)NCCc1cnc[nH]1. The number of carbonyl (C=O) groups is 1. The fourth-order valence-electron chi connectivity index (χ4n) is 1.98. The van der Waals surface area contributed by atoms with E-state index in [9.17, 15) is 4.79 Å². The van der Waals surface area contributed by atoms with Crippen LogP contribution in [0.5, 0.6) is 0 Å². The van der Waals surface area contributed by atoms with Crippen molar-refractivity contribution < 1.29 is 4.79 Å². The smallest absolute Gasteiger partial charge is 0.221 e. The third-order valence-corrected chi connectivity index (χ3v) is 2.87. The van der Waals surface area contributed by atoms with E-state index in [0.717, 1.165) is 25.1 Å². The van der Waals surface area contributed by atoms with Crippen LogP contribution < -0.4 is 10.6 Å². The van der Waals surface area contributed by atoms with Gasteiger partial charge in [-0.2, -0.15) is 0 Å². The van der Waals surface area contributed by atoms with Crippen molar-refractivity contribution in [3.63, 3.8) is 0 Å². The predicted octanol–water partition coefficient (Wildman–Crippen LogP) is 0.211. The molecule has 2 rings (SSSR count). The molecule has 2 heterocycles. The van der Waals surface area contributed by atoms with Crippen LogP contribution in [0.1, 0.15) is 25.0 Å². The van der Waals surface area contributed by atoms with Gasteiger partial charge in [0.05, 0.1) is 6.33 Å². The average molecular weight is 222 g/mol. The number of imidazole rings is 1. The summed E-state index contributed by atoms with van der Waals surface area (Å²) in [6.45, 7) is 1.72. The number of nitrogens with zero attached hydrogens (tertiary/aromatic N) is 1. The summed E-state index contributed by atoms with van der Waals surface area (Å²) >= 11 is 0. The lowest BCUT2D eigenvalue weighted by Gasteiger charge is -2.09. The number of rotatable bonds is 5. The fourth-order valence-corrected chi connectivity index (χ4v) is 1.98. The molecule has 1 unspecified atom stereocenters. The van der Waals surface area contributed by atoms with Crippen LogP contribution in [0.2, 0.25) is 0 Å². The Morgan fingerprint density at radius 3 is 3.25 bits per heavy atom. The molecule has 1 atom stereocenters. The van der Waals surface area contributed by atoms with Gasteiger partial charge >= 0.3 is 0 Å². The molecule has 16 heavy (non-hydrogen) atoms. The number of carbonyl (C=O) groups excluding carboxylic acids is 1. The molecule has 0 bridgehead atoms. The van der Waals surface area contributed by atoms with Crippen molar-refractivity contribution in [3.05, 3.63) is 18.2 Å². The Bertz CT molecular complexity index is 317. The van der Waals surface area contributed by atoms with Gasteiger partial charge in [-0.1, -0.05) is 0 Å². The summed E-state index contributed by atoms with van der Waals surface area (Å²) < 4.78 is 0. The van der Waals surface area contributed by atoms with E-state index >= 15 is 0 Å². The summed E-state index contributed by atoms with van der Waals surface area (Å²) in [6.07, 6.45) is 7.15. The van der Waals surface area contributed by atoms with Crippen LogP contribution in [0.3, 0.4) is 0 Å². The van der Waals surface area contributed by atoms with E-state index in [1.165, 1.54) is 6.42 Å². The Balaban J connectivity index is 1.60. The normalized spacial score (nSPS) is 19.9. The summed E-state index contributed by atoms with van der Waals surface area (Å²) in [4.78, 5) is 18.5. The molecule has 0 spiro atoms. The average Bonchev–Trinajstić information content (AvgIpc) is 2.90. The molecule has 1 aliphatic rings. The van der Waals surface area contributed by atoms with E-state index in [4.69, 9.17) is 0 Å². The Hall–Kier alpha value is -1.36. The van der Waals surface area contributed by atoms with E-state index < -0.39 is 0 Å². The molecule has 1 aromatic heterocycles. The number of amides is 1. The number of H-pyrrole nitrogens is 1. The molecule has 0 saturated carbocycles. The molecule has 3 N–H and O–H groups in total. The zero-order chi connectivity index (χ0) is 11.2. The van der Waals surface area contributed by atoms with Crippen molar-refractivity contribution in [1.29, 1.82) is 0 Å². The molecule has 0 radical (unpaired) electrons. The molecule has 0 aromatic carbocycles. The summed E-state index contributed by atoms with van der Waals surface area (Å²) in [5.74, 6) is 0.138. The third-order valence-electron chi connectivity index (χ3n) is 2.87. The molecule has 1 saturated heterocycles. The maximum Gasteiger partial charge on any atom is 0.221 e. The first-order valence-corrected chi connectivity index (χ1v) is 5.82. The van der Waals surface area contributed by atoms with Crippen LogP contribution in [0.25, 0.3) is 0 Å². The summed E-state index contributed by atoms with van der Waals surface area (Å²) in [6, 6.07) is 0.382. The van der Waals surface area contributed by atoms with E-state index in [1.807, 2.05) is 0 Å². The van der Waals surface area contributed by atoms with Crippen LogP contribution in [0, 0.1) is 0 Å². The zero-order valence-corrected chi connectivity index (χ0v) is 9.33. The molecule has 1 aliphatic heterocycles. The predicted molar refractivity (Wildman–Crippen MR) is 60.9 cm³/mol. The molecule has 1 aromatic rings. The number of aromatic amines is 1. The number of aromatic nitrogens is 2. The monoisotopic (exact) mass is 222 g/mol. The van der Waals surface area contributed by atoms with Gasteiger partial charge in [-0.25, -0.2) is 4.98 Å². The van der Waals surface area contributed by atoms with Gasteiger partial charge in [0.25, 0.3) is 0 Å². The number of hydrogen-bond acceptors (Lipinski definition) is 3. The van der Waals surface area contributed by atoms with Gasteiger partial charge in [0.2, 0.25) is 5.91 Å². The van der Waals surface area contributed by atoms with E-state index in [-0.39, 0.29) is 5.91 Å². The van der Waals surface area contributed by atoms with Crippen LogP contribution >= 0.6 is 0 Å². The highest BCUT2D eigenvalue weighted by atomic mass is 16.1. The lowest BCUT2D eigenvalue weighted by atomic mass is 10.1. The highest BCUT2D eigenvalue weighted by molar-refractivity contribution is 5.76. The first-order chi connectivity index (χ1) is 7.84. The Kier molecular flexibility index (Phi) is 3.93. The van der Waals surface area contributed by atoms with Crippen molar-refractivity contribution in [3.8, 4) is 0 Å². The van der Waals surface area contributed by atoms with Crippen LogP contribution in [0.4, 0.5) is 0 Å². The maximum absolute atomic E-state index is 11.6. The van der Waals surface area contributed by atoms with Crippen LogP contribution in [-0.4, -0.2) is 35.0 Å². The molecule has 5 heteroatoms. The molecule has 1 amide bonds. The second-order valence-corrected chi connectivity index (χ2v) is 4.17. The zero-order valence-electron chi connectivity index (χ0n) is 9.33. The summed E-state index contributed by atoms with van der Waals surface area (Å²) in [5, 5.41) is 6.24. The third kappa shape index (κ3) is 3.34. The van der Waals surface area contributed by atoms with E-state index in [0.29, 0.717) is 19.0 Å². The minimum absolute atomic E-state index is 0.138. The first kappa shape index (κ1) is 11.1. The standard InChI is InChI=1S/C11H18N4O/c16-11(6-9-2-1-4-13-9)14-5-3-10-7-12-8-15-10/h7-9,13H,1-6H2,(H,12,15)(H,14,16). The molecule has 0 aliphatic carbocycles. The topological polar surface area (TPSA) is 69.8 Å². The van der Waals surface area contributed by atoms with Gasteiger partial charge in [0, 0.05) is 37.3 Å². The van der Waals surface area contributed by atoms with E-state index in [1.54, 1.807) is 12.5 Å². The Morgan fingerprint density at radius 1 is 1.62 bits per heavy atom. The second-order valence-electron chi connectivity index (χ2n) is 4.17. The van der Waals surface area contributed by atoms with E-state index in [2.05, 4.69) is 20.6 Å². The Labute approximate surface area is 95.0 Å². The molecular formula is C11H18N4O. The fraction of sp³-hybridized carbons (Fsp3) is 0.636. The lowest BCUT2D eigenvalue weighted by Crippen LogP contribution is -2.32. The van der Waals surface area contributed by atoms with Gasteiger partial charge < -0.3 is 15.6 Å². The molecule has 5 nitrogen and oxygen atoms in total. The Morgan fingerprint density at radius 2 is 2.56 bits per heavy atom. The minimum atomic E-state index is 0.138. The van der Waals surface area contributed by atoms with Gasteiger partial charge in [-0.05, 0) is 19.4 Å². The lowest BCUT2D eigenvalue weighted by molar-refractivity contribution is -0.121. The highest BCUT2D eigenvalue weighted by Gasteiger charge is 2.16. The van der Waals surface area contributed by atoms with Crippen molar-refractivity contribution in [1.82, 2.24) is 20.6 Å². The highest BCUT2D eigenvalue weighted by Crippen LogP contribution is 2.08. The van der Waals surface area contributed by atoms with Crippen LogP contribution in [-0.2, 0) is 11.2 Å². The second kappa shape index (κ2) is 5.65. The minimum Gasteiger partial charge on any atom is -0.356 e.